The van der Waals surface area contributed by atoms with E-state index >= 15 is 0 Å². The number of aliphatic hydroxyl groups excluding tert-OH is 1. The molecule has 0 saturated carbocycles. The van der Waals surface area contributed by atoms with Crippen LogP contribution in [0, 0.1) is 6.92 Å². The van der Waals surface area contributed by atoms with Gasteiger partial charge in [-0.05, 0) is 47.5 Å². The van der Waals surface area contributed by atoms with Crippen molar-refractivity contribution in [3.8, 4) is 5.75 Å². The number of benzene rings is 1. The molecule has 1 aromatic carbocycles. The van der Waals surface area contributed by atoms with E-state index < -0.39 is 6.10 Å². The molecule has 2 nitrogen and oxygen atoms in total. The van der Waals surface area contributed by atoms with Gasteiger partial charge in [0.15, 0.2) is 0 Å². The summed E-state index contributed by atoms with van der Waals surface area (Å²) in [6.07, 6.45) is -0.636. The zero-order valence-electron chi connectivity index (χ0n) is 10.3. The highest BCUT2D eigenvalue weighted by Crippen LogP contribution is 2.37. The Balaban J connectivity index is 2.36. The van der Waals surface area contributed by atoms with Gasteiger partial charge in [0.2, 0.25) is 0 Å². The third-order valence-electron chi connectivity index (χ3n) is 2.66. The van der Waals surface area contributed by atoms with Crippen molar-refractivity contribution in [3.63, 3.8) is 0 Å². The monoisotopic (exact) mass is 326 g/mol. The molecule has 4 heteroatoms. The van der Waals surface area contributed by atoms with Gasteiger partial charge in [0, 0.05) is 10.4 Å². The minimum Gasteiger partial charge on any atom is -0.493 e. The minimum absolute atomic E-state index is 0.594. The summed E-state index contributed by atoms with van der Waals surface area (Å²) in [5.41, 5.74) is 1.95. The average molecular weight is 327 g/mol. The molecule has 1 heterocycles. The van der Waals surface area contributed by atoms with Crippen LogP contribution in [-0.4, -0.2) is 11.7 Å². The van der Waals surface area contributed by atoms with Gasteiger partial charge in [-0.25, -0.2) is 0 Å². The second kappa shape index (κ2) is 5.87. The molecule has 0 radical (unpaired) electrons. The fourth-order valence-corrected chi connectivity index (χ4v) is 3.34. The number of aryl methyl sites for hydroxylation is 1. The summed E-state index contributed by atoms with van der Waals surface area (Å²) in [7, 11) is 0. The zero-order valence-corrected chi connectivity index (χ0v) is 12.7. The largest absolute Gasteiger partial charge is 0.493 e. The van der Waals surface area contributed by atoms with Crippen molar-refractivity contribution in [2.24, 2.45) is 0 Å². The van der Waals surface area contributed by atoms with Crippen molar-refractivity contribution < 1.29 is 9.84 Å². The van der Waals surface area contributed by atoms with E-state index in [9.17, 15) is 5.11 Å². The average Bonchev–Trinajstić information content (AvgIpc) is 2.70. The van der Waals surface area contributed by atoms with Crippen molar-refractivity contribution in [2.45, 2.75) is 20.0 Å². The number of hydrogen-bond acceptors (Lipinski definition) is 3. The Bertz CT molecular complexity index is 517. The van der Waals surface area contributed by atoms with Gasteiger partial charge in [-0.3, -0.25) is 0 Å². The second-order valence-electron chi connectivity index (χ2n) is 3.98. The molecular formula is C14H15BrO2S. The molecule has 0 amide bonds. The summed E-state index contributed by atoms with van der Waals surface area (Å²) in [4.78, 5) is 0.923. The second-order valence-corrected chi connectivity index (χ2v) is 6.38. The van der Waals surface area contributed by atoms with Gasteiger partial charge in [-0.2, -0.15) is 0 Å². The number of thiophene rings is 1. The van der Waals surface area contributed by atoms with Crippen molar-refractivity contribution in [3.05, 3.63) is 50.1 Å². The first-order valence-electron chi connectivity index (χ1n) is 5.79. The molecule has 0 bridgehead atoms. The Kier molecular flexibility index (Phi) is 4.43. The number of rotatable bonds is 4. The maximum absolute atomic E-state index is 10.4. The molecule has 1 atom stereocenters. The third-order valence-corrected chi connectivity index (χ3v) is 4.85. The zero-order chi connectivity index (χ0) is 13.1. The maximum Gasteiger partial charge on any atom is 0.125 e. The Morgan fingerprint density at radius 1 is 1.39 bits per heavy atom. The highest BCUT2D eigenvalue weighted by molar-refractivity contribution is 9.11. The Labute approximate surface area is 119 Å². The highest BCUT2D eigenvalue weighted by Gasteiger charge is 2.18. The summed E-state index contributed by atoms with van der Waals surface area (Å²) in [5.74, 6) is 0.745. The summed E-state index contributed by atoms with van der Waals surface area (Å²) in [6.45, 7) is 4.55. The minimum atomic E-state index is -0.636. The van der Waals surface area contributed by atoms with Gasteiger partial charge in [0.05, 0.1) is 10.4 Å². The molecule has 0 saturated heterocycles. The van der Waals surface area contributed by atoms with Crippen LogP contribution in [0.2, 0.25) is 0 Å². The Morgan fingerprint density at radius 3 is 2.72 bits per heavy atom. The van der Waals surface area contributed by atoms with Gasteiger partial charge in [-0.15, -0.1) is 11.3 Å². The Hall–Kier alpha value is -0.840. The lowest BCUT2D eigenvalue weighted by Crippen LogP contribution is -2.02. The van der Waals surface area contributed by atoms with E-state index in [1.807, 2.05) is 44.2 Å². The molecule has 2 aromatic rings. The van der Waals surface area contributed by atoms with Crippen molar-refractivity contribution in [1.82, 2.24) is 0 Å². The maximum atomic E-state index is 10.4. The molecule has 0 aliphatic rings. The molecule has 0 aliphatic carbocycles. The van der Waals surface area contributed by atoms with Crippen molar-refractivity contribution >= 4 is 27.3 Å². The number of para-hydroxylation sites is 1. The first kappa shape index (κ1) is 13.6. The molecule has 0 fully saturated rings. The first-order valence-corrected chi connectivity index (χ1v) is 7.40. The van der Waals surface area contributed by atoms with Gasteiger partial charge in [-0.1, -0.05) is 18.2 Å². The van der Waals surface area contributed by atoms with Gasteiger partial charge >= 0.3 is 0 Å². The van der Waals surface area contributed by atoms with Gasteiger partial charge in [0.1, 0.15) is 11.9 Å². The van der Waals surface area contributed by atoms with E-state index in [-0.39, 0.29) is 0 Å². The first-order chi connectivity index (χ1) is 8.63. The third kappa shape index (κ3) is 2.76. The van der Waals surface area contributed by atoms with Crippen molar-refractivity contribution in [2.75, 3.05) is 6.61 Å². The van der Waals surface area contributed by atoms with Crippen LogP contribution >= 0.6 is 27.3 Å². The van der Waals surface area contributed by atoms with Crippen LogP contribution in [0.15, 0.2) is 34.1 Å². The summed E-state index contributed by atoms with van der Waals surface area (Å²) in [6, 6.07) is 9.62. The van der Waals surface area contributed by atoms with E-state index in [1.54, 1.807) is 11.3 Å². The lowest BCUT2D eigenvalue weighted by atomic mass is 10.1. The van der Waals surface area contributed by atoms with Crippen LogP contribution in [0.1, 0.15) is 29.0 Å². The highest BCUT2D eigenvalue weighted by atomic mass is 79.9. The quantitative estimate of drug-likeness (QED) is 0.907. The smallest absolute Gasteiger partial charge is 0.125 e. The molecule has 18 heavy (non-hydrogen) atoms. The van der Waals surface area contributed by atoms with Crippen LogP contribution in [-0.2, 0) is 0 Å². The predicted octanol–water partition coefficient (Wildman–Crippen LogP) is 4.30. The van der Waals surface area contributed by atoms with E-state index in [0.717, 1.165) is 25.5 Å². The normalized spacial score (nSPS) is 12.4. The molecule has 0 spiro atoms. The van der Waals surface area contributed by atoms with Crippen LogP contribution in [0.4, 0.5) is 0 Å². The molecule has 1 unspecified atom stereocenters. The van der Waals surface area contributed by atoms with E-state index in [1.165, 1.54) is 0 Å². The lowest BCUT2D eigenvalue weighted by molar-refractivity contribution is 0.215. The predicted molar refractivity (Wildman–Crippen MR) is 78.4 cm³/mol. The van der Waals surface area contributed by atoms with Gasteiger partial charge < -0.3 is 9.84 Å². The Morgan fingerprint density at radius 2 is 2.11 bits per heavy atom. The summed E-state index contributed by atoms with van der Waals surface area (Å²) >= 11 is 5.04. The SMILES string of the molecule is CCOc1ccccc1C(O)c1cc(C)c(Br)s1. The van der Waals surface area contributed by atoms with Gasteiger partial charge in [0.25, 0.3) is 0 Å². The van der Waals surface area contributed by atoms with Crippen LogP contribution in [0.3, 0.4) is 0 Å². The number of ether oxygens (including phenoxy) is 1. The van der Waals surface area contributed by atoms with Crippen LogP contribution in [0.5, 0.6) is 5.75 Å². The summed E-state index contributed by atoms with van der Waals surface area (Å²) < 4.78 is 6.61. The van der Waals surface area contributed by atoms with E-state index in [2.05, 4.69) is 15.9 Å². The molecule has 1 N–H and O–H groups in total. The lowest BCUT2D eigenvalue weighted by Gasteiger charge is -2.14. The molecular weight excluding hydrogens is 312 g/mol. The topological polar surface area (TPSA) is 29.5 Å². The molecule has 2 rings (SSSR count). The van der Waals surface area contributed by atoms with Crippen LogP contribution in [0.25, 0.3) is 0 Å². The summed E-state index contributed by atoms with van der Waals surface area (Å²) in [5, 5.41) is 10.4. The standard InChI is InChI=1S/C14H15BrO2S/c1-3-17-11-7-5-4-6-10(11)13(16)12-8-9(2)14(15)18-12/h4-8,13,16H,3H2,1-2H3. The van der Waals surface area contributed by atoms with E-state index in [0.29, 0.717) is 6.61 Å². The fraction of sp³-hybridized carbons (Fsp3) is 0.286. The van der Waals surface area contributed by atoms with Crippen molar-refractivity contribution in [1.29, 1.82) is 0 Å². The molecule has 1 aromatic heterocycles. The molecule has 96 valence electrons. The number of halogens is 1. The van der Waals surface area contributed by atoms with Crippen LogP contribution < -0.4 is 4.74 Å². The number of aliphatic hydroxyl groups is 1. The van der Waals surface area contributed by atoms with E-state index in [4.69, 9.17) is 4.74 Å². The molecule has 0 aliphatic heterocycles. The fourth-order valence-electron chi connectivity index (χ4n) is 1.76. The number of hydrogen-bond donors (Lipinski definition) is 1.